The molecule has 0 bridgehead atoms. The Labute approximate surface area is 94.2 Å². The fourth-order valence-electron chi connectivity index (χ4n) is 0.778. The van der Waals surface area contributed by atoms with E-state index in [1.54, 1.807) is 0 Å². The molecule has 0 aliphatic heterocycles. The summed E-state index contributed by atoms with van der Waals surface area (Å²) in [6.07, 6.45) is 0.439. The van der Waals surface area contributed by atoms with Crippen molar-refractivity contribution in [2.75, 3.05) is 0 Å². The number of rotatable bonds is 3. The third kappa shape index (κ3) is 6.32. The number of hydrogen-bond acceptors (Lipinski definition) is 2. The van der Waals surface area contributed by atoms with Crippen molar-refractivity contribution in [2.24, 2.45) is 5.41 Å². The van der Waals surface area contributed by atoms with Crippen LogP contribution in [0.1, 0.15) is 40.5 Å². The molecular formula is C9H20O2Sc. The van der Waals surface area contributed by atoms with Crippen molar-refractivity contribution in [3.05, 3.63) is 0 Å². The molecule has 3 heteroatoms. The summed E-state index contributed by atoms with van der Waals surface area (Å²) >= 11 is 0. The summed E-state index contributed by atoms with van der Waals surface area (Å²) in [5.74, 6) is 0. The summed E-state index contributed by atoms with van der Waals surface area (Å²) in [6, 6.07) is 0. The standard InChI is InChI=1S/C9H20O2.Sc/c1-5-7(10)6-8(11)9(2,3)4;/h7-8,10-11H,5-6H2,1-4H3;. The fourth-order valence-corrected chi connectivity index (χ4v) is 0.778. The van der Waals surface area contributed by atoms with Crippen LogP contribution >= 0.6 is 0 Å². The molecule has 0 saturated carbocycles. The van der Waals surface area contributed by atoms with E-state index in [0.717, 1.165) is 0 Å². The van der Waals surface area contributed by atoms with Gasteiger partial charge in [0.2, 0.25) is 0 Å². The predicted octanol–water partition coefficient (Wildman–Crippen LogP) is 1.55. The Morgan fingerprint density at radius 2 is 1.58 bits per heavy atom. The molecule has 0 amide bonds. The third-order valence-corrected chi connectivity index (χ3v) is 1.97. The molecule has 0 aromatic rings. The average molecular weight is 205 g/mol. The first kappa shape index (κ1) is 15.3. The third-order valence-electron chi connectivity index (χ3n) is 1.97. The quantitative estimate of drug-likeness (QED) is 0.734. The average Bonchev–Trinajstić information content (AvgIpc) is 1.85. The molecule has 12 heavy (non-hydrogen) atoms. The zero-order valence-electron chi connectivity index (χ0n) is 8.54. The van der Waals surface area contributed by atoms with E-state index in [0.29, 0.717) is 12.8 Å². The van der Waals surface area contributed by atoms with E-state index in [1.165, 1.54) is 0 Å². The molecule has 2 N–H and O–H groups in total. The largest absolute Gasteiger partial charge is 0.393 e. The van der Waals surface area contributed by atoms with Gasteiger partial charge in [-0.25, -0.2) is 0 Å². The van der Waals surface area contributed by atoms with E-state index in [1.807, 2.05) is 27.7 Å². The van der Waals surface area contributed by atoms with Gasteiger partial charge in [-0.15, -0.1) is 0 Å². The molecule has 0 aliphatic rings. The smallest absolute Gasteiger partial charge is 0.0613 e. The molecule has 2 unspecified atom stereocenters. The molecule has 0 fully saturated rings. The second kappa shape index (κ2) is 6.28. The van der Waals surface area contributed by atoms with Crippen LogP contribution in [0.25, 0.3) is 0 Å². The van der Waals surface area contributed by atoms with Gasteiger partial charge in [0.25, 0.3) is 0 Å². The number of hydrogen-bond donors (Lipinski definition) is 2. The Morgan fingerprint density at radius 1 is 1.17 bits per heavy atom. The van der Waals surface area contributed by atoms with Crippen LogP contribution in [0.3, 0.4) is 0 Å². The fraction of sp³-hybridized carbons (Fsp3) is 1.00. The van der Waals surface area contributed by atoms with E-state index in [4.69, 9.17) is 0 Å². The van der Waals surface area contributed by atoms with E-state index in [2.05, 4.69) is 0 Å². The first-order valence-corrected chi connectivity index (χ1v) is 4.24. The molecule has 2 atom stereocenters. The van der Waals surface area contributed by atoms with Crippen LogP contribution in [0, 0.1) is 5.41 Å². The summed E-state index contributed by atoms with van der Waals surface area (Å²) in [6.45, 7) is 7.83. The van der Waals surface area contributed by atoms with Gasteiger partial charge in [-0.3, -0.25) is 0 Å². The van der Waals surface area contributed by atoms with E-state index >= 15 is 0 Å². The zero-order valence-corrected chi connectivity index (χ0v) is 10.3. The first-order chi connectivity index (χ1) is 4.88. The Hall–Kier alpha value is 0.790. The molecule has 0 rings (SSSR count). The molecule has 0 aliphatic carbocycles. The van der Waals surface area contributed by atoms with Gasteiger partial charge >= 0.3 is 0 Å². The number of aliphatic hydroxyl groups is 2. The molecule has 0 spiro atoms. The summed E-state index contributed by atoms with van der Waals surface area (Å²) < 4.78 is 0. The molecule has 71 valence electrons. The molecular weight excluding hydrogens is 185 g/mol. The minimum Gasteiger partial charge on any atom is -0.393 e. The van der Waals surface area contributed by atoms with Gasteiger partial charge in [0.05, 0.1) is 12.2 Å². The molecule has 0 aromatic carbocycles. The first-order valence-electron chi connectivity index (χ1n) is 4.24. The summed E-state index contributed by atoms with van der Waals surface area (Å²) in [5.41, 5.74) is -0.115. The zero-order chi connectivity index (χ0) is 9.07. The van der Waals surface area contributed by atoms with Crippen LogP contribution in [-0.2, 0) is 25.8 Å². The van der Waals surface area contributed by atoms with Crippen LogP contribution in [0.5, 0.6) is 0 Å². The van der Waals surface area contributed by atoms with Gasteiger partial charge in [-0.1, -0.05) is 27.7 Å². The topological polar surface area (TPSA) is 40.5 Å². The van der Waals surface area contributed by atoms with Gasteiger partial charge < -0.3 is 10.2 Å². The molecule has 2 nitrogen and oxygen atoms in total. The Balaban J connectivity index is 0. The monoisotopic (exact) mass is 205 g/mol. The molecule has 0 heterocycles. The Bertz CT molecular complexity index is 110. The van der Waals surface area contributed by atoms with Crippen molar-refractivity contribution in [2.45, 2.75) is 52.7 Å². The van der Waals surface area contributed by atoms with Gasteiger partial charge in [0, 0.05) is 25.8 Å². The maximum absolute atomic E-state index is 9.53. The van der Waals surface area contributed by atoms with Gasteiger partial charge in [0.15, 0.2) is 0 Å². The minimum atomic E-state index is -0.405. The second-order valence-electron chi connectivity index (χ2n) is 4.18. The van der Waals surface area contributed by atoms with Crippen molar-refractivity contribution in [3.63, 3.8) is 0 Å². The number of aliphatic hydroxyl groups excluding tert-OH is 2. The van der Waals surface area contributed by atoms with Crippen molar-refractivity contribution in [3.8, 4) is 0 Å². The Kier molecular flexibility index (Phi) is 7.99. The summed E-state index contributed by atoms with van der Waals surface area (Å²) in [5, 5.41) is 18.8. The van der Waals surface area contributed by atoms with E-state index in [9.17, 15) is 10.2 Å². The predicted molar refractivity (Wildman–Crippen MR) is 46.4 cm³/mol. The summed E-state index contributed by atoms with van der Waals surface area (Å²) in [7, 11) is 0. The summed E-state index contributed by atoms with van der Waals surface area (Å²) in [4.78, 5) is 0. The van der Waals surface area contributed by atoms with Crippen molar-refractivity contribution in [1.29, 1.82) is 0 Å². The van der Waals surface area contributed by atoms with Crippen molar-refractivity contribution in [1.82, 2.24) is 0 Å². The molecule has 0 saturated heterocycles. The SMILES string of the molecule is CCC(O)CC(O)C(C)(C)C.[Sc]. The van der Waals surface area contributed by atoms with Crippen molar-refractivity contribution < 1.29 is 36.1 Å². The van der Waals surface area contributed by atoms with Crippen LogP contribution in [0.4, 0.5) is 0 Å². The maximum atomic E-state index is 9.53. The van der Waals surface area contributed by atoms with E-state index < -0.39 is 6.10 Å². The molecule has 1 radical (unpaired) electrons. The second-order valence-corrected chi connectivity index (χ2v) is 4.18. The minimum absolute atomic E-state index is 0. The van der Waals surface area contributed by atoms with Crippen molar-refractivity contribution >= 4 is 0 Å². The van der Waals surface area contributed by atoms with Crippen LogP contribution < -0.4 is 0 Å². The van der Waals surface area contributed by atoms with Gasteiger partial charge in [0.1, 0.15) is 0 Å². The van der Waals surface area contributed by atoms with Crippen LogP contribution in [0.15, 0.2) is 0 Å². The normalized spacial score (nSPS) is 16.5. The maximum Gasteiger partial charge on any atom is 0.0613 e. The molecule has 0 aromatic heterocycles. The Morgan fingerprint density at radius 3 is 1.83 bits per heavy atom. The van der Waals surface area contributed by atoms with Gasteiger partial charge in [-0.05, 0) is 18.3 Å². The van der Waals surface area contributed by atoms with Crippen LogP contribution in [0.2, 0.25) is 0 Å². The van der Waals surface area contributed by atoms with E-state index in [-0.39, 0.29) is 37.4 Å². The van der Waals surface area contributed by atoms with Crippen LogP contribution in [-0.4, -0.2) is 22.4 Å². The van der Waals surface area contributed by atoms with Gasteiger partial charge in [-0.2, -0.15) is 0 Å².